The average molecular weight is 315 g/mol. The van der Waals surface area contributed by atoms with Crippen LogP contribution in [0.25, 0.3) is 0 Å². The molecular weight excluding hydrogens is 303 g/mol. The van der Waals surface area contributed by atoms with Crippen LogP contribution in [0.2, 0.25) is 0 Å². The van der Waals surface area contributed by atoms with E-state index in [-0.39, 0.29) is 5.91 Å². The van der Waals surface area contributed by atoms with Crippen molar-refractivity contribution in [2.45, 2.75) is 13.1 Å². The number of alkyl halides is 3. The van der Waals surface area contributed by atoms with E-state index < -0.39 is 23.7 Å². The minimum Gasteiger partial charge on any atom is -0.475 e. The Balaban J connectivity index is 0.000000224. The van der Waals surface area contributed by atoms with E-state index in [1.165, 1.54) is 0 Å². The summed E-state index contributed by atoms with van der Waals surface area (Å²) in [6.45, 7) is 1.92. The van der Waals surface area contributed by atoms with Gasteiger partial charge >= 0.3 is 12.1 Å². The zero-order valence-corrected chi connectivity index (χ0v) is 11.3. The van der Waals surface area contributed by atoms with Gasteiger partial charge in [0.05, 0.1) is 0 Å². The number of carbonyl (C=O) groups is 2. The fourth-order valence-electron chi connectivity index (χ4n) is 1.40. The average Bonchev–Trinajstić information content (AvgIpc) is 2.89. The zero-order valence-electron chi connectivity index (χ0n) is 11.3. The first-order valence-electron chi connectivity index (χ1n) is 5.88. The van der Waals surface area contributed by atoms with Gasteiger partial charge in [0.25, 0.3) is 0 Å². The van der Waals surface area contributed by atoms with Crippen molar-refractivity contribution in [1.29, 1.82) is 0 Å². The topological polar surface area (TPSA) is 93.5 Å². The van der Waals surface area contributed by atoms with Gasteiger partial charge in [0, 0.05) is 5.56 Å². The third kappa shape index (κ3) is 4.97. The molecule has 1 aromatic heterocycles. The Morgan fingerprint density at radius 3 is 2.14 bits per heavy atom. The van der Waals surface area contributed by atoms with E-state index >= 15 is 0 Å². The Bertz CT molecular complexity index is 677. The van der Waals surface area contributed by atoms with E-state index in [1.807, 2.05) is 19.1 Å². The Morgan fingerprint density at radius 2 is 1.82 bits per heavy atom. The van der Waals surface area contributed by atoms with Gasteiger partial charge in [-0.15, -0.1) is 0 Å². The number of amides is 1. The van der Waals surface area contributed by atoms with Crippen LogP contribution in [0.5, 0.6) is 0 Å². The van der Waals surface area contributed by atoms with Gasteiger partial charge < -0.3 is 15.3 Å². The monoisotopic (exact) mass is 315 g/mol. The highest BCUT2D eigenvalue weighted by atomic mass is 19.4. The second-order valence-electron chi connectivity index (χ2n) is 4.20. The van der Waals surface area contributed by atoms with Crippen molar-refractivity contribution >= 4 is 11.9 Å². The molecule has 0 aliphatic rings. The van der Waals surface area contributed by atoms with Gasteiger partial charge in [-0.3, -0.25) is 4.79 Å². The summed E-state index contributed by atoms with van der Waals surface area (Å²) in [6.07, 6.45) is -4.63. The third-order valence-electron chi connectivity index (χ3n) is 2.40. The minimum atomic E-state index is -4.63. The summed E-state index contributed by atoms with van der Waals surface area (Å²) in [5.74, 6) is -3.92. The van der Waals surface area contributed by atoms with Crippen LogP contribution in [0.4, 0.5) is 13.2 Å². The molecule has 2 aromatic rings. The molecule has 22 heavy (non-hydrogen) atoms. The van der Waals surface area contributed by atoms with Gasteiger partial charge in [0.2, 0.25) is 17.4 Å². The molecule has 0 aliphatic heterocycles. The lowest BCUT2D eigenvalue weighted by Gasteiger charge is -1.99. The number of hydrogen-bond acceptors (Lipinski definition) is 3. The van der Waals surface area contributed by atoms with E-state index in [9.17, 15) is 22.8 Å². The van der Waals surface area contributed by atoms with Crippen molar-refractivity contribution in [2.24, 2.45) is 5.73 Å². The molecule has 0 aliphatic carbocycles. The highest BCUT2D eigenvalue weighted by Gasteiger charge is 2.35. The number of benzene rings is 1. The molecule has 1 heterocycles. The molecule has 0 bridgehead atoms. The number of carboxylic acids is 1. The van der Waals surface area contributed by atoms with Gasteiger partial charge in [-0.1, -0.05) is 17.7 Å². The molecule has 118 valence electrons. The standard InChI is InChI=1S/C8H9NO.C6H3F3O3/c1-6-3-2-4-7(5-6)8(9)10;7-6(8,9)4-2-1-3(12-4)5(10)11/h2-5H,1H3,(H2,9,10);1-2H,(H,10,11). The lowest BCUT2D eigenvalue weighted by atomic mass is 10.1. The normalized spacial score (nSPS) is 10.5. The molecule has 0 spiro atoms. The smallest absolute Gasteiger partial charge is 0.449 e. The Hall–Kier alpha value is -2.77. The Morgan fingerprint density at radius 1 is 1.18 bits per heavy atom. The molecule has 0 saturated heterocycles. The van der Waals surface area contributed by atoms with Crippen LogP contribution in [0.3, 0.4) is 0 Å². The molecule has 2 rings (SSSR count). The van der Waals surface area contributed by atoms with Crippen molar-refractivity contribution in [2.75, 3.05) is 0 Å². The largest absolute Gasteiger partial charge is 0.475 e. The SMILES string of the molecule is Cc1cccc(C(N)=O)c1.O=C(O)c1ccc(C(F)(F)F)o1. The number of halogens is 3. The van der Waals surface area contributed by atoms with Crippen molar-refractivity contribution < 1.29 is 32.3 Å². The van der Waals surface area contributed by atoms with Crippen LogP contribution in [0, 0.1) is 6.92 Å². The van der Waals surface area contributed by atoms with Crippen molar-refractivity contribution in [3.8, 4) is 0 Å². The summed E-state index contributed by atoms with van der Waals surface area (Å²) < 4.78 is 39.3. The van der Waals surface area contributed by atoms with E-state index in [1.54, 1.807) is 12.1 Å². The third-order valence-corrected chi connectivity index (χ3v) is 2.40. The maximum atomic E-state index is 11.8. The number of primary amides is 1. The molecule has 0 unspecified atom stereocenters. The first kappa shape index (κ1) is 17.3. The fourth-order valence-corrected chi connectivity index (χ4v) is 1.40. The van der Waals surface area contributed by atoms with Crippen LogP contribution in [0.15, 0.2) is 40.8 Å². The number of furan rings is 1. The van der Waals surface area contributed by atoms with Crippen molar-refractivity contribution in [3.05, 3.63) is 59.0 Å². The highest BCUT2D eigenvalue weighted by Crippen LogP contribution is 2.30. The summed E-state index contributed by atoms with van der Waals surface area (Å²) >= 11 is 0. The minimum absolute atomic E-state index is 0.372. The lowest BCUT2D eigenvalue weighted by molar-refractivity contribution is -0.153. The predicted octanol–water partition coefficient (Wildman–Crippen LogP) is 3.09. The Labute approximate surface area is 123 Å². The quantitative estimate of drug-likeness (QED) is 0.890. The summed E-state index contributed by atoms with van der Waals surface area (Å²) in [5, 5.41) is 8.20. The number of nitrogens with two attached hydrogens (primary N) is 1. The van der Waals surface area contributed by atoms with E-state index in [0.29, 0.717) is 11.6 Å². The van der Waals surface area contributed by atoms with Crippen LogP contribution in [-0.4, -0.2) is 17.0 Å². The maximum absolute atomic E-state index is 11.8. The molecular formula is C14H12F3NO4. The van der Waals surface area contributed by atoms with E-state index in [2.05, 4.69) is 4.42 Å². The fraction of sp³-hybridized carbons (Fsp3) is 0.143. The van der Waals surface area contributed by atoms with E-state index in [4.69, 9.17) is 10.8 Å². The van der Waals surface area contributed by atoms with Gasteiger partial charge in [0.1, 0.15) is 0 Å². The van der Waals surface area contributed by atoms with Crippen molar-refractivity contribution in [1.82, 2.24) is 0 Å². The van der Waals surface area contributed by atoms with Crippen LogP contribution >= 0.6 is 0 Å². The second-order valence-corrected chi connectivity index (χ2v) is 4.20. The van der Waals surface area contributed by atoms with Crippen LogP contribution in [-0.2, 0) is 6.18 Å². The predicted molar refractivity (Wildman–Crippen MR) is 70.4 cm³/mol. The molecule has 3 N–H and O–H groups in total. The van der Waals surface area contributed by atoms with Crippen molar-refractivity contribution in [3.63, 3.8) is 0 Å². The van der Waals surface area contributed by atoms with E-state index in [0.717, 1.165) is 11.6 Å². The molecule has 8 heteroatoms. The molecule has 5 nitrogen and oxygen atoms in total. The van der Waals surface area contributed by atoms with Gasteiger partial charge in [0.15, 0.2) is 0 Å². The molecule has 0 radical (unpaired) electrons. The molecule has 1 aromatic carbocycles. The molecule has 0 atom stereocenters. The zero-order chi connectivity index (χ0) is 16.9. The molecule has 0 saturated carbocycles. The summed E-state index contributed by atoms with van der Waals surface area (Å²) in [7, 11) is 0. The second kappa shape index (κ2) is 6.79. The lowest BCUT2D eigenvalue weighted by Crippen LogP contribution is -2.10. The Kier molecular flexibility index (Phi) is 5.33. The van der Waals surface area contributed by atoms with Crippen LogP contribution in [0.1, 0.15) is 32.2 Å². The van der Waals surface area contributed by atoms with Crippen LogP contribution < -0.4 is 5.73 Å². The van der Waals surface area contributed by atoms with Gasteiger partial charge in [-0.2, -0.15) is 13.2 Å². The molecule has 1 amide bonds. The first-order chi connectivity index (χ1) is 10.1. The summed E-state index contributed by atoms with van der Waals surface area (Å²) in [6, 6.07) is 8.54. The maximum Gasteiger partial charge on any atom is 0.449 e. The molecule has 0 fully saturated rings. The highest BCUT2D eigenvalue weighted by molar-refractivity contribution is 5.92. The number of rotatable bonds is 2. The number of aromatic carboxylic acids is 1. The van der Waals surface area contributed by atoms with Gasteiger partial charge in [-0.05, 0) is 31.2 Å². The number of aryl methyl sites for hydroxylation is 1. The summed E-state index contributed by atoms with van der Waals surface area (Å²) in [5.41, 5.74) is 6.67. The number of hydrogen-bond donors (Lipinski definition) is 2. The number of carbonyl (C=O) groups excluding carboxylic acids is 1. The van der Waals surface area contributed by atoms with Gasteiger partial charge in [-0.25, -0.2) is 4.79 Å². The summed E-state index contributed by atoms with van der Waals surface area (Å²) in [4.78, 5) is 20.7. The number of carboxylic acid groups (broad SMARTS) is 1. The first-order valence-corrected chi connectivity index (χ1v) is 5.88.